The zero-order valence-electron chi connectivity index (χ0n) is 21.6. The minimum Gasteiger partial charge on any atom is -0.481 e. The molecule has 2 aromatic rings. The van der Waals surface area contributed by atoms with Gasteiger partial charge in [0.1, 0.15) is 11.5 Å². The Kier molecular flexibility index (Phi) is 8.19. The second kappa shape index (κ2) is 11.2. The molecule has 2 heterocycles. The number of nitrogens with one attached hydrogen (secondary N) is 1. The SMILES string of the molecule is COCC1(COC)CC(=CC(=O)Nc2ccc3c(c2)N(C)C(=O)C(CCO)O3)c2ccc(C(F)(F)F)cc2O1. The quantitative estimate of drug-likeness (QED) is 0.484. The summed E-state index contributed by atoms with van der Waals surface area (Å²) < 4.78 is 62.4. The van der Waals surface area contributed by atoms with E-state index in [4.69, 9.17) is 18.9 Å². The molecule has 1 atom stereocenters. The second-order valence-electron chi connectivity index (χ2n) is 9.39. The van der Waals surface area contributed by atoms with Crippen molar-refractivity contribution in [3.05, 3.63) is 53.6 Å². The van der Waals surface area contributed by atoms with Crippen molar-refractivity contribution in [3.8, 4) is 11.5 Å². The molecule has 1 unspecified atom stereocenters. The first kappa shape index (κ1) is 28.4. The molecule has 2 amide bonds. The van der Waals surface area contributed by atoms with E-state index in [9.17, 15) is 27.9 Å². The molecule has 0 spiro atoms. The average Bonchev–Trinajstić information content (AvgIpc) is 2.87. The van der Waals surface area contributed by atoms with Crippen LogP contribution in [0.2, 0.25) is 0 Å². The number of fused-ring (bicyclic) bond motifs is 2. The molecule has 9 nitrogen and oxygen atoms in total. The predicted octanol–water partition coefficient (Wildman–Crippen LogP) is 3.65. The van der Waals surface area contributed by atoms with E-state index in [-0.39, 0.29) is 44.3 Å². The lowest BCUT2D eigenvalue weighted by atomic mass is 9.86. The van der Waals surface area contributed by atoms with E-state index in [0.717, 1.165) is 12.1 Å². The predicted molar refractivity (Wildman–Crippen MR) is 136 cm³/mol. The van der Waals surface area contributed by atoms with Crippen molar-refractivity contribution in [2.45, 2.75) is 30.7 Å². The number of anilines is 2. The lowest BCUT2D eigenvalue weighted by molar-refractivity contribution is -0.138. The Morgan fingerprint density at radius 3 is 2.54 bits per heavy atom. The molecule has 0 bridgehead atoms. The molecule has 2 aliphatic rings. The van der Waals surface area contributed by atoms with E-state index in [1.807, 2.05) is 0 Å². The molecule has 2 aromatic carbocycles. The van der Waals surface area contributed by atoms with Crippen LogP contribution in [0.5, 0.6) is 11.5 Å². The molecule has 0 aliphatic carbocycles. The summed E-state index contributed by atoms with van der Waals surface area (Å²) in [5.41, 5.74) is -0.428. The number of carbonyl (C=O) groups excluding carboxylic acids is 2. The van der Waals surface area contributed by atoms with Gasteiger partial charge < -0.3 is 34.3 Å². The molecule has 0 saturated heterocycles. The van der Waals surface area contributed by atoms with E-state index in [0.29, 0.717) is 28.3 Å². The Morgan fingerprint density at radius 1 is 1.18 bits per heavy atom. The number of ether oxygens (including phenoxy) is 4. The van der Waals surface area contributed by atoms with Crippen LogP contribution in [0.15, 0.2) is 42.5 Å². The molecule has 2 aliphatic heterocycles. The smallest absolute Gasteiger partial charge is 0.416 e. The number of nitrogens with zero attached hydrogens (tertiary/aromatic N) is 1. The van der Waals surface area contributed by atoms with Crippen molar-refractivity contribution in [2.24, 2.45) is 0 Å². The number of carbonyl (C=O) groups is 2. The summed E-state index contributed by atoms with van der Waals surface area (Å²) in [5.74, 6) is -0.473. The topological polar surface area (TPSA) is 107 Å². The highest BCUT2D eigenvalue weighted by atomic mass is 19.4. The van der Waals surface area contributed by atoms with Crippen LogP contribution in [-0.2, 0) is 25.2 Å². The molecule has 210 valence electrons. The number of hydrogen-bond acceptors (Lipinski definition) is 7. The summed E-state index contributed by atoms with van der Waals surface area (Å²) in [6.07, 6.45) is -3.79. The number of aliphatic hydroxyl groups excluding tert-OH is 1. The summed E-state index contributed by atoms with van der Waals surface area (Å²) in [4.78, 5) is 27.0. The second-order valence-corrected chi connectivity index (χ2v) is 9.39. The first-order valence-electron chi connectivity index (χ1n) is 12.1. The highest BCUT2D eigenvalue weighted by Crippen LogP contribution is 2.44. The third-order valence-corrected chi connectivity index (χ3v) is 6.47. The maximum atomic E-state index is 13.4. The fourth-order valence-electron chi connectivity index (χ4n) is 4.75. The van der Waals surface area contributed by atoms with Crippen LogP contribution in [-0.4, -0.2) is 69.7 Å². The van der Waals surface area contributed by atoms with Crippen molar-refractivity contribution >= 4 is 28.8 Å². The van der Waals surface area contributed by atoms with E-state index < -0.39 is 29.4 Å². The summed E-state index contributed by atoms with van der Waals surface area (Å²) in [7, 11) is 4.44. The van der Waals surface area contributed by atoms with Gasteiger partial charge in [-0.2, -0.15) is 13.2 Å². The van der Waals surface area contributed by atoms with Gasteiger partial charge in [0, 0.05) is 58.0 Å². The van der Waals surface area contributed by atoms with Gasteiger partial charge in [-0.3, -0.25) is 9.59 Å². The lowest BCUT2D eigenvalue weighted by Crippen LogP contribution is -2.47. The Balaban J connectivity index is 1.64. The molecule has 39 heavy (non-hydrogen) atoms. The Bertz CT molecular complexity index is 1270. The van der Waals surface area contributed by atoms with E-state index in [2.05, 4.69) is 5.32 Å². The van der Waals surface area contributed by atoms with E-state index in [1.165, 1.54) is 31.3 Å². The van der Waals surface area contributed by atoms with Gasteiger partial charge in [-0.15, -0.1) is 0 Å². The van der Waals surface area contributed by atoms with Crippen LogP contribution in [0.1, 0.15) is 24.0 Å². The van der Waals surface area contributed by atoms with Gasteiger partial charge >= 0.3 is 6.18 Å². The number of methoxy groups -OCH3 is 2. The maximum absolute atomic E-state index is 13.4. The highest BCUT2D eigenvalue weighted by molar-refractivity contribution is 6.06. The van der Waals surface area contributed by atoms with Gasteiger partial charge in [0.15, 0.2) is 11.7 Å². The van der Waals surface area contributed by atoms with Crippen LogP contribution in [0.25, 0.3) is 5.57 Å². The first-order chi connectivity index (χ1) is 18.5. The number of aliphatic hydroxyl groups is 1. The minimum absolute atomic E-state index is 0.0119. The number of alkyl halides is 3. The zero-order chi connectivity index (χ0) is 28.4. The van der Waals surface area contributed by atoms with Crippen molar-refractivity contribution in [1.29, 1.82) is 0 Å². The Labute approximate surface area is 223 Å². The van der Waals surface area contributed by atoms with Gasteiger partial charge in [0.05, 0.1) is 24.5 Å². The van der Waals surface area contributed by atoms with Crippen LogP contribution >= 0.6 is 0 Å². The van der Waals surface area contributed by atoms with Gasteiger partial charge in [0.2, 0.25) is 5.91 Å². The third-order valence-electron chi connectivity index (χ3n) is 6.47. The van der Waals surface area contributed by atoms with Gasteiger partial charge in [-0.1, -0.05) is 6.07 Å². The first-order valence-corrected chi connectivity index (χ1v) is 12.1. The average molecular weight is 551 g/mol. The molecular weight excluding hydrogens is 521 g/mol. The van der Waals surface area contributed by atoms with E-state index >= 15 is 0 Å². The fraction of sp³-hybridized carbons (Fsp3) is 0.407. The van der Waals surface area contributed by atoms with Crippen LogP contribution in [0.3, 0.4) is 0 Å². The van der Waals surface area contributed by atoms with Crippen molar-refractivity contribution in [1.82, 2.24) is 0 Å². The molecule has 2 N–H and O–H groups in total. The minimum atomic E-state index is -4.58. The monoisotopic (exact) mass is 550 g/mol. The molecule has 12 heteroatoms. The third kappa shape index (κ3) is 6.02. The fourth-order valence-corrected chi connectivity index (χ4v) is 4.75. The van der Waals surface area contributed by atoms with Gasteiger partial charge in [0.25, 0.3) is 5.91 Å². The lowest BCUT2D eigenvalue weighted by Gasteiger charge is -2.39. The summed E-state index contributed by atoms with van der Waals surface area (Å²) in [6, 6.07) is 7.90. The summed E-state index contributed by atoms with van der Waals surface area (Å²) >= 11 is 0. The molecule has 0 radical (unpaired) electrons. The highest BCUT2D eigenvalue weighted by Gasteiger charge is 2.41. The number of benzene rings is 2. The van der Waals surface area contributed by atoms with Crippen LogP contribution in [0, 0.1) is 0 Å². The maximum Gasteiger partial charge on any atom is 0.416 e. The number of halogens is 3. The largest absolute Gasteiger partial charge is 0.481 e. The molecule has 4 rings (SSSR count). The molecule has 0 saturated carbocycles. The van der Waals surface area contributed by atoms with Crippen LogP contribution < -0.4 is 19.7 Å². The molecule has 0 aromatic heterocycles. The number of likely N-dealkylation sites (N-methyl/N-ethyl adjacent to an activating group) is 1. The number of rotatable bonds is 8. The summed E-state index contributed by atoms with van der Waals surface area (Å²) in [6.45, 7) is -0.181. The molecular formula is C27H29F3N2O7. The van der Waals surface area contributed by atoms with Crippen molar-refractivity contribution < 1.29 is 46.8 Å². The Morgan fingerprint density at radius 2 is 1.90 bits per heavy atom. The normalized spacial score (nSPS) is 19.2. The van der Waals surface area contributed by atoms with Gasteiger partial charge in [-0.25, -0.2) is 0 Å². The van der Waals surface area contributed by atoms with Gasteiger partial charge in [-0.05, 0) is 35.9 Å². The number of hydrogen-bond donors (Lipinski definition) is 2. The van der Waals surface area contributed by atoms with Crippen molar-refractivity contribution in [3.63, 3.8) is 0 Å². The van der Waals surface area contributed by atoms with Crippen molar-refractivity contribution in [2.75, 3.05) is 51.3 Å². The summed E-state index contributed by atoms with van der Waals surface area (Å²) in [5, 5.41) is 11.9. The zero-order valence-corrected chi connectivity index (χ0v) is 21.6. The Hall–Kier alpha value is -3.61. The number of amides is 2. The van der Waals surface area contributed by atoms with Crippen LogP contribution in [0.4, 0.5) is 24.5 Å². The molecule has 0 fully saturated rings. The van der Waals surface area contributed by atoms with E-state index in [1.54, 1.807) is 25.2 Å². The standard InChI is InChI=1S/C27H29F3N2O7/c1-32-20-12-18(5-7-21(20)38-22(8-9-33)25(32)35)31-24(34)10-16-13-26(14-36-2,15-37-3)39-23-11-17(27(28,29)30)4-6-19(16)23/h4-7,10-12,22,33H,8-9,13-15H2,1-3H3,(H,31,34).